The number of halogens is 1. The average Bonchev–Trinajstić information content (AvgIpc) is 2.60. The summed E-state index contributed by atoms with van der Waals surface area (Å²) in [6.07, 6.45) is 0.972. The summed E-state index contributed by atoms with van der Waals surface area (Å²) >= 11 is 3.44. The van der Waals surface area contributed by atoms with Crippen molar-refractivity contribution in [2.75, 3.05) is 6.61 Å². The van der Waals surface area contributed by atoms with Gasteiger partial charge in [0.05, 0.1) is 25.2 Å². The van der Waals surface area contributed by atoms with Crippen LogP contribution in [0.2, 0.25) is 0 Å². The van der Waals surface area contributed by atoms with Gasteiger partial charge in [-0.05, 0) is 24.6 Å². The molecule has 1 heterocycles. The Hall–Kier alpha value is -0.890. The lowest BCUT2D eigenvalue weighted by molar-refractivity contribution is -0.151. The van der Waals surface area contributed by atoms with Crippen LogP contribution >= 0.6 is 15.9 Å². The third kappa shape index (κ3) is 3.29. The molecule has 0 N–H and O–H groups in total. The second-order valence-corrected chi connectivity index (χ2v) is 5.27. The fraction of sp³-hybridized carbons (Fsp3) is 0.462. The smallest absolute Gasteiger partial charge is 0.170 e. The first kappa shape index (κ1) is 12.6. The standard InChI is InChI=1S/C13H14BrNO2/c1-13(16-9-12(17-13)5-6-15)8-10-3-2-4-11(14)7-10/h2-4,7,12H,5,8-9H2,1H3. The van der Waals surface area contributed by atoms with Crippen molar-refractivity contribution in [1.82, 2.24) is 0 Å². The van der Waals surface area contributed by atoms with Gasteiger partial charge in [0.2, 0.25) is 0 Å². The predicted octanol–water partition coefficient (Wildman–Crippen LogP) is 3.04. The zero-order valence-electron chi connectivity index (χ0n) is 9.65. The summed E-state index contributed by atoms with van der Waals surface area (Å²) < 4.78 is 12.5. The molecule has 1 saturated heterocycles. The minimum atomic E-state index is -0.609. The van der Waals surface area contributed by atoms with Gasteiger partial charge < -0.3 is 9.47 Å². The molecule has 0 bridgehead atoms. The van der Waals surface area contributed by atoms with Crippen molar-refractivity contribution >= 4 is 15.9 Å². The molecule has 1 fully saturated rings. The molecule has 0 aromatic heterocycles. The van der Waals surface area contributed by atoms with Crippen LogP contribution in [0.5, 0.6) is 0 Å². The maximum Gasteiger partial charge on any atom is 0.170 e. The number of rotatable bonds is 3. The highest BCUT2D eigenvalue weighted by Gasteiger charge is 2.37. The number of nitrogens with zero attached hydrogens (tertiary/aromatic N) is 1. The van der Waals surface area contributed by atoms with Gasteiger partial charge in [-0.25, -0.2) is 0 Å². The first-order valence-electron chi connectivity index (χ1n) is 5.54. The van der Waals surface area contributed by atoms with Crippen LogP contribution in [0.3, 0.4) is 0 Å². The monoisotopic (exact) mass is 295 g/mol. The molecule has 0 aliphatic carbocycles. The van der Waals surface area contributed by atoms with Gasteiger partial charge in [0.15, 0.2) is 5.79 Å². The third-order valence-electron chi connectivity index (χ3n) is 2.72. The van der Waals surface area contributed by atoms with Crippen molar-refractivity contribution in [3.05, 3.63) is 34.3 Å². The zero-order chi connectivity index (χ0) is 12.3. The lowest BCUT2D eigenvalue weighted by atomic mass is 10.1. The largest absolute Gasteiger partial charge is 0.347 e. The second kappa shape index (κ2) is 5.18. The Morgan fingerprint density at radius 2 is 2.41 bits per heavy atom. The molecule has 2 rings (SSSR count). The first-order valence-corrected chi connectivity index (χ1v) is 6.34. The second-order valence-electron chi connectivity index (χ2n) is 4.35. The number of benzene rings is 1. The average molecular weight is 296 g/mol. The van der Waals surface area contributed by atoms with E-state index in [-0.39, 0.29) is 6.10 Å². The highest BCUT2D eigenvalue weighted by molar-refractivity contribution is 9.10. The first-order chi connectivity index (χ1) is 8.11. The van der Waals surface area contributed by atoms with Crippen LogP contribution in [0.1, 0.15) is 18.9 Å². The lowest BCUT2D eigenvalue weighted by Gasteiger charge is -2.23. The van der Waals surface area contributed by atoms with Gasteiger partial charge in [-0.2, -0.15) is 5.26 Å². The Morgan fingerprint density at radius 3 is 3.12 bits per heavy atom. The quantitative estimate of drug-likeness (QED) is 0.861. The molecule has 0 radical (unpaired) electrons. The van der Waals surface area contributed by atoms with E-state index >= 15 is 0 Å². The lowest BCUT2D eigenvalue weighted by Crippen LogP contribution is -2.29. The molecule has 3 nitrogen and oxygen atoms in total. The van der Waals surface area contributed by atoms with Crippen LogP contribution in [-0.2, 0) is 15.9 Å². The Morgan fingerprint density at radius 1 is 1.59 bits per heavy atom. The summed E-state index contributed by atoms with van der Waals surface area (Å²) in [7, 11) is 0. The van der Waals surface area contributed by atoms with Crippen LogP contribution in [0.4, 0.5) is 0 Å². The summed E-state index contributed by atoms with van der Waals surface area (Å²) in [6.45, 7) is 2.42. The summed E-state index contributed by atoms with van der Waals surface area (Å²) in [5, 5.41) is 8.63. The zero-order valence-corrected chi connectivity index (χ0v) is 11.2. The van der Waals surface area contributed by atoms with Gasteiger partial charge in [0.1, 0.15) is 0 Å². The van der Waals surface area contributed by atoms with E-state index in [1.54, 1.807) is 0 Å². The topological polar surface area (TPSA) is 42.2 Å². The van der Waals surface area contributed by atoms with Crippen LogP contribution in [0.15, 0.2) is 28.7 Å². The highest BCUT2D eigenvalue weighted by Crippen LogP contribution is 2.29. The van der Waals surface area contributed by atoms with Crippen molar-refractivity contribution in [2.45, 2.75) is 31.7 Å². The van der Waals surface area contributed by atoms with E-state index in [0.29, 0.717) is 19.4 Å². The van der Waals surface area contributed by atoms with Crippen molar-refractivity contribution in [3.63, 3.8) is 0 Å². The molecule has 4 heteroatoms. The molecule has 0 amide bonds. The van der Waals surface area contributed by atoms with E-state index in [9.17, 15) is 0 Å². The Bertz CT molecular complexity index is 443. The molecule has 90 valence electrons. The molecule has 0 saturated carbocycles. The molecule has 1 aliphatic rings. The maximum absolute atomic E-state index is 8.63. The molecule has 2 atom stereocenters. The minimum absolute atomic E-state index is 0.0999. The fourth-order valence-electron chi connectivity index (χ4n) is 2.00. The Kier molecular flexibility index (Phi) is 3.82. The molecule has 1 aliphatic heterocycles. The van der Waals surface area contributed by atoms with Gasteiger partial charge in [0, 0.05) is 10.9 Å². The maximum atomic E-state index is 8.63. The Balaban J connectivity index is 2.02. The molecule has 2 unspecified atom stereocenters. The van der Waals surface area contributed by atoms with Gasteiger partial charge in [-0.1, -0.05) is 28.1 Å². The summed E-state index contributed by atoms with van der Waals surface area (Å²) in [5.41, 5.74) is 1.15. The summed E-state index contributed by atoms with van der Waals surface area (Å²) in [4.78, 5) is 0. The van der Waals surface area contributed by atoms with Crippen molar-refractivity contribution in [3.8, 4) is 6.07 Å². The van der Waals surface area contributed by atoms with Gasteiger partial charge in [-0.15, -0.1) is 0 Å². The minimum Gasteiger partial charge on any atom is -0.347 e. The van der Waals surface area contributed by atoms with Crippen molar-refractivity contribution in [1.29, 1.82) is 5.26 Å². The van der Waals surface area contributed by atoms with Crippen LogP contribution in [0, 0.1) is 11.3 Å². The predicted molar refractivity (Wildman–Crippen MR) is 67.3 cm³/mol. The van der Waals surface area contributed by atoms with E-state index in [0.717, 1.165) is 10.0 Å². The van der Waals surface area contributed by atoms with Crippen LogP contribution in [0.25, 0.3) is 0 Å². The summed E-state index contributed by atoms with van der Waals surface area (Å²) in [5.74, 6) is -0.609. The molecular weight excluding hydrogens is 282 g/mol. The van der Waals surface area contributed by atoms with E-state index in [1.807, 2.05) is 25.1 Å². The van der Waals surface area contributed by atoms with Crippen LogP contribution < -0.4 is 0 Å². The molecule has 0 spiro atoms. The van der Waals surface area contributed by atoms with Crippen molar-refractivity contribution < 1.29 is 9.47 Å². The van der Waals surface area contributed by atoms with E-state index in [2.05, 4.69) is 28.1 Å². The number of nitriles is 1. The fourth-order valence-corrected chi connectivity index (χ4v) is 2.45. The van der Waals surface area contributed by atoms with E-state index in [1.165, 1.54) is 0 Å². The SMILES string of the molecule is CC1(Cc2cccc(Br)c2)OCC(CC#N)O1. The molecular formula is C13H14BrNO2. The number of ether oxygens (including phenoxy) is 2. The summed E-state index contributed by atoms with van der Waals surface area (Å²) in [6, 6.07) is 10.2. The molecule has 17 heavy (non-hydrogen) atoms. The van der Waals surface area contributed by atoms with Crippen molar-refractivity contribution in [2.24, 2.45) is 0 Å². The molecule has 1 aromatic rings. The number of hydrogen-bond donors (Lipinski definition) is 0. The van der Waals surface area contributed by atoms with E-state index < -0.39 is 5.79 Å². The van der Waals surface area contributed by atoms with Crippen LogP contribution in [-0.4, -0.2) is 18.5 Å². The molecule has 1 aromatic carbocycles. The highest BCUT2D eigenvalue weighted by atomic mass is 79.9. The Labute approximate surface area is 109 Å². The number of hydrogen-bond acceptors (Lipinski definition) is 3. The van der Waals surface area contributed by atoms with E-state index in [4.69, 9.17) is 14.7 Å². The van der Waals surface area contributed by atoms with Gasteiger partial charge in [0.25, 0.3) is 0 Å². The normalized spacial score (nSPS) is 27.9. The van der Waals surface area contributed by atoms with Gasteiger partial charge in [-0.3, -0.25) is 0 Å². The van der Waals surface area contributed by atoms with Gasteiger partial charge >= 0.3 is 0 Å². The third-order valence-corrected chi connectivity index (χ3v) is 3.22.